The molecule has 1 aliphatic carbocycles. The van der Waals surface area contributed by atoms with Gasteiger partial charge in [-0.1, -0.05) is 58.0 Å². The van der Waals surface area contributed by atoms with Gasteiger partial charge in [-0.3, -0.25) is 4.98 Å². The molecule has 180 valence electrons. The van der Waals surface area contributed by atoms with Crippen molar-refractivity contribution < 1.29 is 0 Å². The molecule has 4 heterocycles. The second kappa shape index (κ2) is 11.0. The number of hydrogen-bond acceptors (Lipinski definition) is 5. The van der Waals surface area contributed by atoms with Crippen LogP contribution in [0.25, 0.3) is 39.4 Å². The molecule has 7 nitrogen and oxygen atoms in total. The number of nitrogens with one attached hydrogen (secondary N) is 1. The number of imidazole rings is 1. The maximum atomic E-state index is 4.94. The minimum absolute atomic E-state index is 0.454. The Balaban J connectivity index is 0.000000689. The molecule has 0 spiro atoms. The van der Waals surface area contributed by atoms with Gasteiger partial charge in [-0.2, -0.15) is 0 Å². The van der Waals surface area contributed by atoms with Crippen LogP contribution in [0, 0.1) is 0 Å². The fourth-order valence-corrected chi connectivity index (χ4v) is 3.93. The molecule has 0 radical (unpaired) electrons. The van der Waals surface area contributed by atoms with Crippen molar-refractivity contribution in [3.8, 4) is 33.9 Å². The summed E-state index contributed by atoms with van der Waals surface area (Å²) in [4.78, 5) is 13.6. The van der Waals surface area contributed by atoms with Crippen molar-refractivity contribution in [2.45, 2.75) is 46.6 Å². The normalized spacial score (nSPS) is 12.4. The molecule has 7 heteroatoms. The third-order valence-electron chi connectivity index (χ3n) is 5.62. The van der Waals surface area contributed by atoms with Crippen molar-refractivity contribution in [1.29, 1.82) is 0 Å². The second-order valence-corrected chi connectivity index (χ2v) is 7.88. The molecule has 0 saturated heterocycles. The topological polar surface area (TPSA) is 72.9 Å². The van der Waals surface area contributed by atoms with Gasteiger partial charge in [0.2, 0.25) is 5.82 Å². The van der Waals surface area contributed by atoms with E-state index in [1.165, 1.54) is 0 Å². The first kappa shape index (κ1) is 24.1. The Morgan fingerprint density at radius 3 is 2.23 bits per heavy atom. The molecular formula is C28H33N7. The van der Waals surface area contributed by atoms with Gasteiger partial charge in [0.15, 0.2) is 11.6 Å². The van der Waals surface area contributed by atoms with Crippen LogP contribution in [0.5, 0.6) is 0 Å². The zero-order valence-corrected chi connectivity index (χ0v) is 21.1. The summed E-state index contributed by atoms with van der Waals surface area (Å²) in [6.45, 7) is 8.00. The van der Waals surface area contributed by atoms with E-state index in [1.807, 2.05) is 80.6 Å². The van der Waals surface area contributed by atoms with E-state index in [4.69, 9.17) is 10.1 Å². The van der Waals surface area contributed by atoms with Crippen LogP contribution in [0.2, 0.25) is 0 Å². The van der Waals surface area contributed by atoms with Gasteiger partial charge in [-0.25, -0.2) is 14.5 Å². The first-order valence-electron chi connectivity index (χ1n) is 12.4. The van der Waals surface area contributed by atoms with Crippen molar-refractivity contribution >= 4 is 11.3 Å². The molecule has 1 saturated carbocycles. The van der Waals surface area contributed by atoms with Gasteiger partial charge in [0.1, 0.15) is 5.52 Å². The van der Waals surface area contributed by atoms with Gasteiger partial charge < -0.3 is 9.88 Å². The molecule has 35 heavy (non-hydrogen) atoms. The predicted octanol–water partition coefficient (Wildman–Crippen LogP) is 6.49. The highest BCUT2D eigenvalue weighted by Gasteiger charge is 2.26. The van der Waals surface area contributed by atoms with E-state index < -0.39 is 0 Å². The number of anilines is 1. The van der Waals surface area contributed by atoms with Gasteiger partial charge in [0.05, 0.1) is 0 Å². The summed E-state index contributed by atoms with van der Waals surface area (Å²) in [6.07, 6.45) is 11.7. The van der Waals surface area contributed by atoms with E-state index in [1.54, 1.807) is 6.20 Å². The number of rotatable bonds is 5. The molecule has 1 aromatic carbocycles. The van der Waals surface area contributed by atoms with Crippen LogP contribution in [0.3, 0.4) is 0 Å². The Kier molecular flexibility index (Phi) is 7.55. The summed E-state index contributed by atoms with van der Waals surface area (Å²) in [5.41, 5.74) is 5.40. The van der Waals surface area contributed by atoms with Crippen LogP contribution in [0.15, 0.2) is 73.4 Å². The number of aryl methyl sites for hydroxylation is 1. The molecule has 1 fully saturated rings. The van der Waals surface area contributed by atoms with Crippen LogP contribution in [-0.4, -0.2) is 35.2 Å². The second-order valence-electron chi connectivity index (χ2n) is 7.88. The number of fused-ring (bicyclic) bond motifs is 1. The number of benzene rings is 1. The maximum absolute atomic E-state index is 4.94. The predicted molar refractivity (Wildman–Crippen MR) is 143 cm³/mol. The van der Waals surface area contributed by atoms with E-state index in [9.17, 15) is 0 Å². The number of nitrogens with zero attached hydrogens (tertiary/aromatic N) is 6. The van der Waals surface area contributed by atoms with E-state index in [0.29, 0.717) is 11.9 Å². The van der Waals surface area contributed by atoms with E-state index in [0.717, 1.165) is 52.3 Å². The van der Waals surface area contributed by atoms with Crippen LogP contribution >= 0.6 is 0 Å². The smallest absolute Gasteiger partial charge is 0.218 e. The largest absolute Gasteiger partial charge is 0.365 e. The third kappa shape index (κ3) is 4.94. The molecule has 6 rings (SSSR count). The quantitative estimate of drug-likeness (QED) is 0.320. The summed E-state index contributed by atoms with van der Waals surface area (Å²) < 4.78 is 3.88. The van der Waals surface area contributed by atoms with Crippen molar-refractivity contribution in [2.24, 2.45) is 7.05 Å². The van der Waals surface area contributed by atoms with Crippen LogP contribution in [0.1, 0.15) is 40.5 Å². The van der Waals surface area contributed by atoms with E-state index in [2.05, 4.69) is 45.7 Å². The molecule has 1 aliphatic rings. The Hall–Kier alpha value is -4.00. The molecule has 5 aromatic rings. The minimum Gasteiger partial charge on any atom is -0.365 e. The molecule has 0 unspecified atom stereocenters. The third-order valence-corrected chi connectivity index (χ3v) is 5.62. The Morgan fingerprint density at radius 2 is 1.60 bits per heavy atom. The van der Waals surface area contributed by atoms with Crippen molar-refractivity contribution in [3.63, 3.8) is 0 Å². The molecule has 0 bridgehead atoms. The number of hydrogen-bond donors (Lipinski definition) is 1. The van der Waals surface area contributed by atoms with Crippen molar-refractivity contribution in [1.82, 2.24) is 29.1 Å². The minimum atomic E-state index is 0.454. The summed E-state index contributed by atoms with van der Waals surface area (Å²) in [5.74, 6) is 2.18. The highest BCUT2D eigenvalue weighted by Crippen LogP contribution is 2.40. The van der Waals surface area contributed by atoms with Gasteiger partial charge in [-0.15, -0.1) is 5.10 Å². The van der Waals surface area contributed by atoms with Crippen LogP contribution in [0.4, 0.5) is 5.82 Å². The van der Waals surface area contributed by atoms with E-state index >= 15 is 0 Å². The zero-order valence-electron chi connectivity index (χ0n) is 21.1. The average Bonchev–Trinajstić information content (AvgIpc) is 3.49. The molecule has 1 N–H and O–H groups in total. The SMILES string of the molecule is CC.CC.Cn1ccnc1-c1nc(NC2CC2)c2c(-c3ccccc3)c(-c3ccncc3)cn2n1. The highest BCUT2D eigenvalue weighted by molar-refractivity contribution is 5.99. The Bertz CT molecular complexity index is 1370. The van der Waals surface area contributed by atoms with Gasteiger partial charge >= 0.3 is 0 Å². The highest BCUT2D eigenvalue weighted by atomic mass is 15.3. The summed E-state index contributed by atoms with van der Waals surface area (Å²) >= 11 is 0. The summed E-state index contributed by atoms with van der Waals surface area (Å²) in [6, 6.07) is 14.9. The average molecular weight is 468 g/mol. The lowest BCUT2D eigenvalue weighted by molar-refractivity contribution is 0.859. The van der Waals surface area contributed by atoms with Gasteiger partial charge in [-0.05, 0) is 36.1 Å². The fourth-order valence-electron chi connectivity index (χ4n) is 3.93. The Labute approximate surface area is 206 Å². The van der Waals surface area contributed by atoms with Crippen LogP contribution < -0.4 is 5.32 Å². The lowest BCUT2D eigenvalue weighted by Gasteiger charge is -2.11. The molecular weight excluding hydrogens is 434 g/mol. The first-order valence-corrected chi connectivity index (χ1v) is 12.4. The fraction of sp³-hybridized carbons (Fsp3) is 0.286. The van der Waals surface area contributed by atoms with Crippen LogP contribution in [-0.2, 0) is 7.05 Å². The monoisotopic (exact) mass is 467 g/mol. The van der Waals surface area contributed by atoms with E-state index in [-0.39, 0.29) is 0 Å². The summed E-state index contributed by atoms with van der Waals surface area (Å²) in [7, 11) is 1.96. The molecule has 0 aliphatic heterocycles. The zero-order chi connectivity index (χ0) is 24.8. The standard InChI is InChI=1S/C24H21N7.2C2H6/c1-30-14-13-26-24(30)23-28-22(27-18-7-8-18)21-20(17-5-3-2-4-6-17)19(15-31(21)29-23)16-9-11-25-12-10-16;2*1-2/h2-6,9-15,18H,7-8H2,1H3,(H,27,28,29);2*1-2H3. The Morgan fingerprint density at radius 1 is 0.886 bits per heavy atom. The van der Waals surface area contributed by atoms with Crippen molar-refractivity contribution in [3.05, 3.63) is 73.4 Å². The molecule has 0 amide bonds. The van der Waals surface area contributed by atoms with Crippen molar-refractivity contribution in [2.75, 3.05) is 5.32 Å². The van der Waals surface area contributed by atoms with Gasteiger partial charge in [0, 0.05) is 55.2 Å². The first-order chi connectivity index (χ1) is 17.3. The lowest BCUT2D eigenvalue weighted by atomic mass is 9.98. The van der Waals surface area contributed by atoms with Gasteiger partial charge in [0.25, 0.3) is 0 Å². The molecule has 0 atom stereocenters. The molecule has 4 aromatic heterocycles. The number of aromatic nitrogens is 6. The lowest BCUT2D eigenvalue weighted by Crippen LogP contribution is -2.09. The summed E-state index contributed by atoms with van der Waals surface area (Å²) in [5, 5.41) is 8.50. The maximum Gasteiger partial charge on any atom is 0.218 e. The number of pyridine rings is 1.